The normalized spacial score (nSPS) is 11.5. The molecule has 0 spiro atoms. The highest BCUT2D eigenvalue weighted by molar-refractivity contribution is 5.31. The molecule has 1 heterocycles. The maximum Gasteiger partial charge on any atom is 0.278 e. The molecule has 0 aliphatic heterocycles. The van der Waals surface area contributed by atoms with Crippen molar-refractivity contribution in [3.05, 3.63) is 23.5 Å². The van der Waals surface area contributed by atoms with Crippen molar-refractivity contribution in [3.63, 3.8) is 0 Å². The molecular formula is C11H15F2NO. The minimum Gasteiger partial charge on any atom is -0.485 e. The molecule has 1 aromatic heterocycles. The molecule has 1 aromatic rings. The molecule has 0 unspecified atom stereocenters. The summed E-state index contributed by atoms with van der Waals surface area (Å²) in [4.78, 5) is 4.09. The highest BCUT2D eigenvalue weighted by atomic mass is 19.3. The molecule has 0 bridgehead atoms. The molecule has 0 atom stereocenters. The number of aryl methyl sites for hydroxylation is 2. The summed E-state index contributed by atoms with van der Waals surface area (Å²) in [5.74, 6) is -2.38. The molecule has 0 N–H and O–H groups in total. The summed E-state index contributed by atoms with van der Waals surface area (Å²) >= 11 is 0. The molecular weight excluding hydrogens is 200 g/mol. The van der Waals surface area contributed by atoms with Gasteiger partial charge in [0.05, 0.1) is 6.20 Å². The van der Waals surface area contributed by atoms with Crippen molar-refractivity contribution in [2.75, 3.05) is 6.61 Å². The quantitative estimate of drug-likeness (QED) is 0.770. The van der Waals surface area contributed by atoms with Crippen LogP contribution in [0.4, 0.5) is 8.78 Å². The van der Waals surface area contributed by atoms with Gasteiger partial charge in [-0.3, -0.25) is 4.98 Å². The van der Waals surface area contributed by atoms with E-state index in [9.17, 15) is 8.78 Å². The van der Waals surface area contributed by atoms with Gasteiger partial charge in [-0.2, -0.15) is 0 Å². The lowest BCUT2D eigenvalue weighted by atomic mass is 10.2. The van der Waals surface area contributed by atoms with Crippen LogP contribution in [0.5, 0.6) is 5.75 Å². The van der Waals surface area contributed by atoms with Gasteiger partial charge in [-0.15, -0.1) is 0 Å². The number of ether oxygens (including phenoxy) is 1. The van der Waals surface area contributed by atoms with Crippen molar-refractivity contribution >= 4 is 0 Å². The number of alkyl halides is 2. The highest BCUT2D eigenvalue weighted by Gasteiger charge is 2.22. The molecule has 0 fully saturated rings. The summed E-state index contributed by atoms with van der Waals surface area (Å²) in [6, 6.07) is 1.85. The van der Waals surface area contributed by atoms with Crippen LogP contribution in [0.25, 0.3) is 0 Å². The third kappa shape index (κ3) is 3.81. The second-order valence-corrected chi connectivity index (χ2v) is 3.65. The van der Waals surface area contributed by atoms with E-state index < -0.39 is 12.5 Å². The van der Waals surface area contributed by atoms with Gasteiger partial charge >= 0.3 is 0 Å². The number of hydrogen-bond donors (Lipinski definition) is 0. The first-order valence-corrected chi connectivity index (χ1v) is 4.88. The topological polar surface area (TPSA) is 22.1 Å². The molecule has 15 heavy (non-hydrogen) atoms. The van der Waals surface area contributed by atoms with Crippen molar-refractivity contribution in [2.24, 2.45) is 0 Å². The first-order chi connectivity index (χ1) is 6.92. The Hall–Kier alpha value is -1.19. The molecule has 2 nitrogen and oxygen atoms in total. The Morgan fingerprint density at radius 1 is 1.47 bits per heavy atom. The van der Waals surface area contributed by atoms with E-state index >= 15 is 0 Å². The van der Waals surface area contributed by atoms with Gasteiger partial charge in [0.25, 0.3) is 5.92 Å². The van der Waals surface area contributed by atoms with E-state index in [-0.39, 0.29) is 0 Å². The molecule has 0 aliphatic carbocycles. The Labute approximate surface area is 88.3 Å². The molecule has 0 aromatic carbocycles. The Kier molecular flexibility index (Phi) is 3.61. The number of nitrogens with zero attached hydrogens (tertiary/aromatic N) is 1. The number of rotatable bonds is 4. The Balaban J connectivity index is 2.70. The largest absolute Gasteiger partial charge is 0.485 e. The fourth-order valence-electron chi connectivity index (χ4n) is 1.15. The van der Waals surface area contributed by atoms with Gasteiger partial charge in [0, 0.05) is 12.6 Å². The summed E-state index contributed by atoms with van der Waals surface area (Å²) in [5, 5.41) is 0. The van der Waals surface area contributed by atoms with E-state index in [1.54, 1.807) is 0 Å². The van der Waals surface area contributed by atoms with Gasteiger partial charge in [-0.1, -0.05) is 6.92 Å². The minimum atomic E-state index is -2.81. The number of pyridine rings is 1. The summed E-state index contributed by atoms with van der Waals surface area (Å²) in [5.41, 5.74) is 1.77. The minimum absolute atomic E-state index is 0.425. The second-order valence-electron chi connectivity index (χ2n) is 3.65. The number of halogens is 2. The molecule has 4 heteroatoms. The van der Waals surface area contributed by atoms with Gasteiger partial charge < -0.3 is 4.74 Å². The molecule has 0 saturated heterocycles. The average Bonchev–Trinajstić information content (AvgIpc) is 2.14. The van der Waals surface area contributed by atoms with Crippen LogP contribution in [0, 0.1) is 6.92 Å². The number of aromatic nitrogens is 1. The van der Waals surface area contributed by atoms with Gasteiger partial charge in [-0.05, 0) is 25.0 Å². The summed E-state index contributed by atoms with van der Waals surface area (Å²) < 4.78 is 30.1. The van der Waals surface area contributed by atoms with E-state index in [0.29, 0.717) is 5.75 Å². The molecule has 0 radical (unpaired) electrons. The zero-order valence-corrected chi connectivity index (χ0v) is 9.18. The lowest BCUT2D eigenvalue weighted by Crippen LogP contribution is -2.21. The van der Waals surface area contributed by atoms with Crippen LogP contribution in [0.1, 0.15) is 25.1 Å². The van der Waals surface area contributed by atoms with Crippen LogP contribution in [0.3, 0.4) is 0 Å². The Bertz CT molecular complexity index is 334. The summed E-state index contributed by atoms with van der Waals surface area (Å²) in [7, 11) is 0. The first-order valence-electron chi connectivity index (χ1n) is 4.88. The summed E-state index contributed by atoms with van der Waals surface area (Å²) in [6.07, 6.45) is 2.32. The average molecular weight is 215 g/mol. The third-order valence-electron chi connectivity index (χ3n) is 1.96. The lowest BCUT2D eigenvalue weighted by Gasteiger charge is -2.13. The standard InChI is InChI=1S/C11H15F2NO/c1-4-9-5-8(2)10(6-14-9)15-7-11(3,12)13/h5-6H,4,7H2,1-3H3. The highest BCUT2D eigenvalue weighted by Crippen LogP contribution is 2.20. The van der Waals surface area contributed by atoms with Crippen LogP contribution in [0.15, 0.2) is 12.3 Å². The molecule has 84 valence electrons. The molecule has 0 amide bonds. The smallest absolute Gasteiger partial charge is 0.278 e. The molecule has 0 aliphatic rings. The monoisotopic (exact) mass is 215 g/mol. The predicted octanol–water partition coefficient (Wildman–Crippen LogP) is 2.99. The number of hydrogen-bond acceptors (Lipinski definition) is 2. The lowest BCUT2D eigenvalue weighted by molar-refractivity contribution is -0.0232. The first kappa shape index (κ1) is 11.9. The van der Waals surface area contributed by atoms with E-state index in [0.717, 1.165) is 24.6 Å². The van der Waals surface area contributed by atoms with Crippen LogP contribution >= 0.6 is 0 Å². The van der Waals surface area contributed by atoms with Crippen molar-refractivity contribution in [2.45, 2.75) is 33.1 Å². The van der Waals surface area contributed by atoms with Crippen LogP contribution in [0.2, 0.25) is 0 Å². The fraction of sp³-hybridized carbons (Fsp3) is 0.545. The molecule has 1 rings (SSSR count). The zero-order valence-electron chi connectivity index (χ0n) is 9.18. The van der Waals surface area contributed by atoms with E-state index in [1.807, 2.05) is 19.9 Å². The van der Waals surface area contributed by atoms with Crippen LogP contribution < -0.4 is 4.74 Å². The van der Waals surface area contributed by atoms with Crippen LogP contribution in [-0.2, 0) is 6.42 Å². The maximum absolute atomic E-state index is 12.5. The predicted molar refractivity (Wildman–Crippen MR) is 54.5 cm³/mol. The van der Waals surface area contributed by atoms with Crippen molar-refractivity contribution in [3.8, 4) is 5.75 Å². The zero-order chi connectivity index (χ0) is 11.5. The van der Waals surface area contributed by atoms with Crippen molar-refractivity contribution in [1.29, 1.82) is 0 Å². The molecule has 0 saturated carbocycles. The third-order valence-corrected chi connectivity index (χ3v) is 1.96. The van der Waals surface area contributed by atoms with Crippen molar-refractivity contribution in [1.82, 2.24) is 4.98 Å². The summed E-state index contributed by atoms with van der Waals surface area (Å²) in [6.45, 7) is 4.03. The Morgan fingerprint density at radius 2 is 2.13 bits per heavy atom. The van der Waals surface area contributed by atoms with E-state index in [4.69, 9.17) is 4.74 Å². The van der Waals surface area contributed by atoms with Gasteiger partial charge in [0.2, 0.25) is 0 Å². The second kappa shape index (κ2) is 4.55. The van der Waals surface area contributed by atoms with Gasteiger partial charge in [0.1, 0.15) is 5.75 Å². The SMILES string of the molecule is CCc1cc(C)c(OCC(C)(F)F)cn1. The maximum atomic E-state index is 12.5. The van der Waals surface area contributed by atoms with E-state index in [1.165, 1.54) is 6.20 Å². The van der Waals surface area contributed by atoms with Gasteiger partial charge in [-0.25, -0.2) is 8.78 Å². The van der Waals surface area contributed by atoms with Crippen LogP contribution in [-0.4, -0.2) is 17.5 Å². The Morgan fingerprint density at radius 3 is 2.60 bits per heavy atom. The van der Waals surface area contributed by atoms with Crippen molar-refractivity contribution < 1.29 is 13.5 Å². The van der Waals surface area contributed by atoms with Gasteiger partial charge in [0.15, 0.2) is 6.61 Å². The van der Waals surface area contributed by atoms with E-state index in [2.05, 4.69) is 4.98 Å². The fourth-order valence-corrected chi connectivity index (χ4v) is 1.15.